The van der Waals surface area contributed by atoms with E-state index in [4.69, 9.17) is 25.4 Å². The number of nitrogens with two attached hydrogens (primary N) is 1. The average Bonchev–Trinajstić information content (AvgIpc) is 3.52. The molecule has 0 saturated heterocycles. The van der Waals surface area contributed by atoms with Crippen LogP contribution in [0.4, 0.5) is 5.82 Å². The van der Waals surface area contributed by atoms with Gasteiger partial charge in [0.05, 0.1) is 30.1 Å². The van der Waals surface area contributed by atoms with E-state index in [1.54, 1.807) is 12.4 Å². The van der Waals surface area contributed by atoms with Crippen LogP contribution in [0.2, 0.25) is 18.1 Å². The second-order valence-corrected chi connectivity index (χ2v) is 15.7. The first kappa shape index (κ1) is 26.2. The van der Waals surface area contributed by atoms with E-state index in [9.17, 15) is 0 Å². The van der Waals surface area contributed by atoms with Gasteiger partial charge in [0.15, 0.2) is 19.8 Å². The zero-order valence-corrected chi connectivity index (χ0v) is 23.8. The number of benzene rings is 1. The van der Waals surface area contributed by atoms with Crippen LogP contribution in [0, 0.1) is 11.3 Å². The van der Waals surface area contributed by atoms with Gasteiger partial charge in [-0.05, 0) is 60.1 Å². The molecule has 198 valence electrons. The molecule has 4 aromatic heterocycles. The average molecular weight is 538 g/mol. The van der Waals surface area contributed by atoms with Crippen molar-refractivity contribution in [1.29, 1.82) is 5.26 Å². The Morgan fingerprint density at radius 3 is 2.49 bits per heavy atom. The summed E-state index contributed by atoms with van der Waals surface area (Å²) < 4.78 is 8.40. The molecule has 0 bridgehead atoms. The van der Waals surface area contributed by atoms with Crippen LogP contribution in [0.5, 0.6) is 0 Å². The van der Waals surface area contributed by atoms with Crippen LogP contribution in [0.25, 0.3) is 39.6 Å². The van der Waals surface area contributed by atoms with E-state index in [1.807, 2.05) is 47.0 Å². The quantitative estimate of drug-likeness (QED) is 0.274. The minimum Gasteiger partial charge on any atom is -0.413 e. The molecule has 0 fully saturated rings. The van der Waals surface area contributed by atoms with Crippen LogP contribution in [-0.2, 0) is 17.6 Å². The highest BCUT2D eigenvalue weighted by molar-refractivity contribution is 6.74. The molecule has 0 saturated carbocycles. The van der Waals surface area contributed by atoms with Crippen molar-refractivity contribution in [1.82, 2.24) is 34.5 Å². The second-order valence-electron chi connectivity index (χ2n) is 10.9. The first-order valence-corrected chi connectivity index (χ1v) is 15.6. The van der Waals surface area contributed by atoms with Gasteiger partial charge in [-0.25, -0.2) is 15.0 Å². The largest absolute Gasteiger partial charge is 0.413 e. The summed E-state index contributed by atoms with van der Waals surface area (Å²) in [4.78, 5) is 15.4. The summed E-state index contributed by atoms with van der Waals surface area (Å²) in [6, 6.07) is 17.7. The van der Waals surface area contributed by atoms with Crippen molar-refractivity contribution in [2.24, 2.45) is 0 Å². The van der Waals surface area contributed by atoms with Gasteiger partial charge in [-0.2, -0.15) is 20.3 Å². The summed E-state index contributed by atoms with van der Waals surface area (Å²) in [5.74, 6) is 1.02. The molecule has 0 aliphatic rings. The van der Waals surface area contributed by atoms with Crippen molar-refractivity contribution in [3.63, 3.8) is 0 Å². The highest BCUT2D eigenvalue weighted by atomic mass is 28.4. The topological polar surface area (TPSA) is 133 Å². The molecule has 39 heavy (non-hydrogen) atoms. The third kappa shape index (κ3) is 5.16. The molecule has 11 heteroatoms. The third-order valence-corrected chi connectivity index (χ3v) is 11.7. The maximum absolute atomic E-state index is 8.97. The molecule has 0 amide bonds. The normalized spacial score (nSPS) is 12.1. The van der Waals surface area contributed by atoms with E-state index in [-0.39, 0.29) is 11.6 Å². The lowest BCUT2D eigenvalue weighted by atomic mass is 10.2. The van der Waals surface area contributed by atoms with E-state index in [0.29, 0.717) is 46.4 Å². The summed E-state index contributed by atoms with van der Waals surface area (Å²) in [6.45, 7) is 11.9. The fourth-order valence-corrected chi connectivity index (χ4v) is 4.87. The number of imidazole rings is 1. The number of nitrogens with zero attached hydrogens (tertiary/aromatic N) is 8. The van der Waals surface area contributed by atoms with Gasteiger partial charge in [0.25, 0.3) is 0 Å². The van der Waals surface area contributed by atoms with Crippen LogP contribution in [0.15, 0.2) is 60.9 Å². The van der Waals surface area contributed by atoms with Gasteiger partial charge in [0, 0.05) is 11.9 Å². The Morgan fingerprint density at radius 1 is 1.03 bits per heavy atom. The van der Waals surface area contributed by atoms with Gasteiger partial charge in [-0.3, -0.25) is 4.57 Å². The summed E-state index contributed by atoms with van der Waals surface area (Å²) >= 11 is 0. The van der Waals surface area contributed by atoms with Crippen molar-refractivity contribution < 1.29 is 4.43 Å². The number of nitrogen functional groups attached to an aromatic ring is 1. The monoisotopic (exact) mass is 537 g/mol. The smallest absolute Gasteiger partial charge is 0.192 e. The third-order valence-electron chi connectivity index (χ3n) is 7.20. The summed E-state index contributed by atoms with van der Waals surface area (Å²) in [5.41, 5.74) is 11.5. The van der Waals surface area contributed by atoms with Gasteiger partial charge in [0.1, 0.15) is 23.6 Å². The zero-order chi connectivity index (χ0) is 27.8. The molecule has 1 aromatic carbocycles. The molecule has 5 rings (SSSR count). The highest BCUT2D eigenvalue weighted by Gasteiger charge is 2.37. The van der Waals surface area contributed by atoms with Crippen molar-refractivity contribution in [3.8, 4) is 34.5 Å². The molecular weight excluding hydrogens is 506 g/mol. The number of hydrogen-bond acceptors (Lipinski definition) is 8. The molecule has 0 aliphatic carbocycles. The van der Waals surface area contributed by atoms with Gasteiger partial charge in [-0.1, -0.05) is 32.9 Å². The molecule has 0 atom stereocenters. The Bertz CT molecular complexity index is 1670. The first-order valence-electron chi connectivity index (χ1n) is 12.7. The lowest BCUT2D eigenvalue weighted by Crippen LogP contribution is -2.40. The van der Waals surface area contributed by atoms with Crippen molar-refractivity contribution >= 4 is 25.3 Å². The highest BCUT2D eigenvalue weighted by Crippen LogP contribution is 2.37. The van der Waals surface area contributed by atoms with Crippen LogP contribution in [0.3, 0.4) is 0 Å². The summed E-state index contributed by atoms with van der Waals surface area (Å²) in [6.07, 6.45) is 3.26. The predicted molar refractivity (Wildman–Crippen MR) is 153 cm³/mol. The number of pyridine rings is 2. The summed E-state index contributed by atoms with van der Waals surface area (Å²) in [5, 5.41) is 17.6. The molecule has 5 aromatic rings. The minimum atomic E-state index is -1.87. The van der Waals surface area contributed by atoms with Crippen LogP contribution >= 0.6 is 0 Å². The van der Waals surface area contributed by atoms with Gasteiger partial charge in [0.2, 0.25) is 0 Å². The standard InChI is InChI=1S/C28H31N9OSi/c1-28(2,3)39(4,5)38-18-19-8-10-20(11-9-19)37-26(21-7-6-15-31-25(21)30)34-23-13-12-22(33-27(23)37)24-17-32-36(35-24)16-14-29/h6-13,15,17H,16,18H2,1-5H3,(H2,30,31). The molecular formula is C28H31N9OSi. The first-order chi connectivity index (χ1) is 18.6. The van der Waals surface area contributed by atoms with Crippen molar-refractivity contribution in [2.75, 3.05) is 5.73 Å². The molecule has 0 aliphatic heterocycles. The zero-order valence-electron chi connectivity index (χ0n) is 22.8. The number of aromatic nitrogens is 7. The maximum atomic E-state index is 8.97. The van der Waals surface area contributed by atoms with Crippen LogP contribution in [0.1, 0.15) is 26.3 Å². The van der Waals surface area contributed by atoms with E-state index < -0.39 is 8.32 Å². The van der Waals surface area contributed by atoms with E-state index in [2.05, 4.69) is 61.2 Å². The molecule has 2 N–H and O–H groups in total. The number of nitriles is 1. The van der Waals surface area contributed by atoms with E-state index in [1.165, 1.54) is 4.80 Å². The number of rotatable bonds is 7. The Hall–Kier alpha value is -4.40. The van der Waals surface area contributed by atoms with Crippen molar-refractivity contribution in [2.45, 2.75) is 52.1 Å². The second kappa shape index (κ2) is 10.1. The molecule has 4 heterocycles. The SMILES string of the molecule is CC(C)(C)[Si](C)(C)OCc1ccc(-n2c(-c3cccnc3N)nc3ccc(-c4cnn(CC#N)n4)nc32)cc1. The van der Waals surface area contributed by atoms with E-state index >= 15 is 0 Å². The number of fused-ring (bicyclic) bond motifs is 1. The molecule has 0 radical (unpaired) electrons. The van der Waals surface area contributed by atoms with Gasteiger partial charge >= 0.3 is 0 Å². The Kier molecular flexibility index (Phi) is 6.76. The molecule has 0 unspecified atom stereocenters. The Balaban J connectivity index is 1.58. The minimum absolute atomic E-state index is 0.0656. The Morgan fingerprint density at radius 2 is 1.79 bits per heavy atom. The fourth-order valence-electron chi connectivity index (χ4n) is 3.91. The molecule has 0 spiro atoms. The van der Waals surface area contributed by atoms with E-state index in [0.717, 1.165) is 11.3 Å². The van der Waals surface area contributed by atoms with Crippen molar-refractivity contribution in [3.05, 3.63) is 66.5 Å². The Labute approximate surface area is 228 Å². The van der Waals surface area contributed by atoms with Crippen LogP contribution in [-0.4, -0.2) is 42.8 Å². The fraction of sp³-hybridized carbons (Fsp3) is 0.286. The molecule has 10 nitrogen and oxygen atoms in total. The predicted octanol–water partition coefficient (Wildman–Crippen LogP) is 5.37. The number of hydrogen-bond donors (Lipinski definition) is 1. The summed E-state index contributed by atoms with van der Waals surface area (Å²) in [7, 11) is -1.87. The van der Waals surface area contributed by atoms with Gasteiger partial charge < -0.3 is 10.2 Å². The van der Waals surface area contributed by atoms with Crippen LogP contribution < -0.4 is 5.73 Å². The lowest BCUT2D eigenvalue weighted by molar-refractivity contribution is 0.276. The maximum Gasteiger partial charge on any atom is 0.192 e. The lowest BCUT2D eigenvalue weighted by Gasteiger charge is -2.36. The van der Waals surface area contributed by atoms with Gasteiger partial charge in [-0.15, -0.1) is 0 Å². The number of anilines is 1.